The van der Waals surface area contributed by atoms with Crippen LogP contribution in [0.1, 0.15) is 10.4 Å². The molecule has 0 saturated carbocycles. The third-order valence-electron chi connectivity index (χ3n) is 4.00. The first kappa shape index (κ1) is 14.1. The third kappa shape index (κ3) is 3.25. The highest BCUT2D eigenvalue weighted by atomic mass is 16.5. The van der Waals surface area contributed by atoms with Gasteiger partial charge in [0, 0.05) is 50.5 Å². The van der Waals surface area contributed by atoms with Gasteiger partial charge in [-0.05, 0) is 23.6 Å². The lowest BCUT2D eigenvalue weighted by atomic mass is 10.1. The van der Waals surface area contributed by atoms with Gasteiger partial charge in [-0.3, -0.25) is 9.69 Å². The molecule has 1 aromatic carbocycles. The Labute approximate surface area is 124 Å². The summed E-state index contributed by atoms with van der Waals surface area (Å²) >= 11 is 0. The number of ether oxygens (including phenoxy) is 1. The van der Waals surface area contributed by atoms with E-state index in [1.54, 1.807) is 4.90 Å². The second-order valence-corrected chi connectivity index (χ2v) is 5.46. The Balaban J connectivity index is 1.60. The van der Waals surface area contributed by atoms with Crippen LogP contribution in [0.5, 0.6) is 0 Å². The van der Waals surface area contributed by atoms with E-state index in [4.69, 9.17) is 4.74 Å². The number of amides is 1. The molecule has 2 aromatic rings. The minimum atomic E-state index is 0.0692. The number of fused-ring (bicyclic) bond motifs is 1. The van der Waals surface area contributed by atoms with Gasteiger partial charge in [0.1, 0.15) is 0 Å². The van der Waals surface area contributed by atoms with Crippen LogP contribution in [-0.4, -0.2) is 67.1 Å². The van der Waals surface area contributed by atoms with Crippen LogP contribution < -0.4 is 0 Å². The highest BCUT2D eigenvalue weighted by Crippen LogP contribution is 2.15. The van der Waals surface area contributed by atoms with Gasteiger partial charge in [0.25, 0.3) is 5.91 Å². The number of morpholine rings is 1. The lowest BCUT2D eigenvalue weighted by Crippen LogP contribution is -2.41. The number of rotatable bonds is 4. The molecule has 2 heterocycles. The summed E-state index contributed by atoms with van der Waals surface area (Å²) in [6.45, 7) is 5.13. The van der Waals surface area contributed by atoms with E-state index >= 15 is 0 Å². The second-order valence-electron chi connectivity index (χ2n) is 5.46. The number of hydrogen-bond acceptors (Lipinski definition) is 3. The Morgan fingerprint density at radius 3 is 2.95 bits per heavy atom. The molecule has 1 fully saturated rings. The third-order valence-corrected chi connectivity index (χ3v) is 4.00. The minimum absolute atomic E-state index is 0.0692. The first-order chi connectivity index (χ1) is 10.2. The van der Waals surface area contributed by atoms with Crippen LogP contribution in [0.25, 0.3) is 10.9 Å². The normalized spacial score (nSPS) is 16.2. The van der Waals surface area contributed by atoms with Crippen molar-refractivity contribution in [2.45, 2.75) is 0 Å². The first-order valence-corrected chi connectivity index (χ1v) is 7.37. The fourth-order valence-electron chi connectivity index (χ4n) is 2.62. The van der Waals surface area contributed by atoms with Gasteiger partial charge in [-0.1, -0.05) is 6.07 Å². The van der Waals surface area contributed by atoms with Crippen LogP contribution in [0.4, 0.5) is 0 Å². The van der Waals surface area contributed by atoms with Gasteiger partial charge < -0.3 is 14.6 Å². The molecule has 0 radical (unpaired) electrons. The van der Waals surface area contributed by atoms with Crippen molar-refractivity contribution in [2.24, 2.45) is 0 Å². The van der Waals surface area contributed by atoms with E-state index in [9.17, 15) is 4.79 Å². The molecule has 1 N–H and O–H groups in total. The SMILES string of the molecule is CN(CCN1CCOCC1)C(=O)c1ccc2cc[nH]c2c1. The van der Waals surface area contributed by atoms with Crippen molar-refractivity contribution in [1.82, 2.24) is 14.8 Å². The number of nitrogens with zero attached hydrogens (tertiary/aromatic N) is 2. The lowest BCUT2D eigenvalue weighted by molar-refractivity contribution is 0.0338. The van der Waals surface area contributed by atoms with Gasteiger partial charge in [-0.2, -0.15) is 0 Å². The molecule has 112 valence electrons. The molecule has 0 bridgehead atoms. The van der Waals surface area contributed by atoms with Gasteiger partial charge in [0.15, 0.2) is 0 Å². The standard InChI is InChI=1S/C16H21N3O2/c1-18(6-7-19-8-10-21-11-9-19)16(20)14-3-2-13-4-5-17-15(13)12-14/h2-5,12,17H,6-11H2,1H3. The number of hydrogen-bond donors (Lipinski definition) is 1. The van der Waals surface area contributed by atoms with Crippen molar-refractivity contribution < 1.29 is 9.53 Å². The van der Waals surface area contributed by atoms with E-state index < -0.39 is 0 Å². The van der Waals surface area contributed by atoms with Crippen LogP contribution >= 0.6 is 0 Å². The molecule has 0 aliphatic carbocycles. The number of likely N-dealkylation sites (N-methyl/N-ethyl adjacent to an activating group) is 1. The molecule has 5 nitrogen and oxygen atoms in total. The number of nitrogens with one attached hydrogen (secondary N) is 1. The smallest absolute Gasteiger partial charge is 0.253 e. The van der Waals surface area contributed by atoms with E-state index in [1.807, 2.05) is 37.5 Å². The zero-order valence-electron chi connectivity index (χ0n) is 12.3. The predicted octanol–water partition coefficient (Wildman–Crippen LogP) is 1.57. The summed E-state index contributed by atoms with van der Waals surface area (Å²) in [7, 11) is 1.86. The Kier molecular flexibility index (Phi) is 4.22. The van der Waals surface area contributed by atoms with Gasteiger partial charge in [-0.15, -0.1) is 0 Å². The van der Waals surface area contributed by atoms with E-state index in [0.29, 0.717) is 0 Å². The second kappa shape index (κ2) is 6.28. The molecule has 0 unspecified atom stereocenters. The summed E-state index contributed by atoms with van der Waals surface area (Å²) in [5, 5.41) is 1.13. The zero-order valence-corrected chi connectivity index (χ0v) is 12.3. The van der Waals surface area contributed by atoms with Crippen molar-refractivity contribution in [3.63, 3.8) is 0 Å². The maximum Gasteiger partial charge on any atom is 0.253 e. The first-order valence-electron chi connectivity index (χ1n) is 7.37. The Bertz CT molecular complexity index is 617. The summed E-state index contributed by atoms with van der Waals surface area (Å²) in [5.41, 5.74) is 1.73. The van der Waals surface area contributed by atoms with Gasteiger partial charge in [-0.25, -0.2) is 0 Å². The van der Waals surface area contributed by atoms with Crippen LogP contribution in [0.3, 0.4) is 0 Å². The molecule has 1 aromatic heterocycles. The molecule has 21 heavy (non-hydrogen) atoms. The van der Waals surface area contributed by atoms with Gasteiger partial charge in [0.2, 0.25) is 0 Å². The highest BCUT2D eigenvalue weighted by molar-refractivity contribution is 5.97. The van der Waals surface area contributed by atoms with Crippen LogP contribution in [0, 0.1) is 0 Å². The number of aromatic nitrogens is 1. The Morgan fingerprint density at radius 1 is 1.33 bits per heavy atom. The molecule has 1 aliphatic heterocycles. The minimum Gasteiger partial charge on any atom is -0.379 e. The van der Waals surface area contributed by atoms with E-state index in [2.05, 4.69) is 9.88 Å². The number of carbonyl (C=O) groups excluding carboxylic acids is 1. The molecule has 1 aliphatic rings. The predicted molar refractivity (Wildman–Crippen MR) is 82.5 cm³/mol. The zero-order chi connectivity index (χ0) is 14.7. The van der Waals surface area contributed by atoms with Crippen molar-refractivity contribution >= 4 is 16.8 Å². The molecule has 5 heteroatoms. The average molecular weight is 287 g/mol. The molecule has 1 saturated heterocycles. The van der Waals surface area contributed by atoms with Crippen LogP contribution in [0.15, 0.2) is 30.5 Å². The summed E-state index contributed by atoms with van der Waals surface area (Å²) in [6, 6.07) is 7.80. The van der Waals surface area contributed by atoms with Crippen molar-refractivity contribution in [3.8, 4) is 0 Å². The van der Waals surface area contributed by atoms with Crippen molar-refractivity contribution in [1.29, 1.82) is 0 Å². The molecular weight excluding hydrogens is 266 g/mol. The number of benzene rings is 1. The quantitative estimate of drug-likeness (QED) is 0.928. The summed E-state index contributed by atoms with van der Waals surface area (Å²) < 4.78 is 5.33. The summed E-state index contributed by atoms with van der Waals surface area (Å²) in [6.07, 6.45) is 1.89. The monoisotopic (exact) mass is 287 g/mol. The van der Waals surface area contributed by atoms with E-state index in [-0.39, 0.29) is 5.91 Å². The van der Waals surface area contributed by atoms with Gasteiger partial charge in [0.05, 0.1) is 13.2 Å². The number of aromatic amines is 1. The summed E-state index contributed by atoms with van der Waals surface area (Å²) in [4.78, 5) is 19.7. The van der Waals surface area contributed by atoms with E-state index in [1.165, 1.54) is 0 Å². The average Bonchev–Trinajstić information content (AvgIpc) is 3.00. The highest BCUT2D eigenvalue weighted by Gasteiger charge is 2.15. The van der Waals surface area contributed by atoms with Crippen molar-refractivity contribution in [3.05, 3.63) is 36.0 Å². The molecule has 1 amide bonds. The lowest BCUT2D eigenvalue weighted by Gasteiger charge is -2.28. The fourth-order valence-corrected chi connectivity index (χ4v) is 2.62. The van der Waals surface area contributed by atoms with Crippen LogP contribution in [0.2, 0.25) is 0 Å². The Morgan fingerprint density at radius 2 is 2.14 bits per heavy atom. The summed E-state index contributed by atoms with van der Waals surface area (Å²) in [5.74, 6) is 0.0692. The van der Waals surface area contributed by atoms with Crippen molar-refractivity contribution in [2.75, 3.05) is 46.4 Å². The van der Waals surface area contributed by atoms with E-state index in [0.717, 1.165) is 55.9 Å². The number of H-pyrrole nitrogens is 1. The number of carbonyl (C=O) groups is 1. The maximum atomic E-state index is 12.5. The topological polar surface area (TPSA) is 48.6 Å². The molecule has 0 atom stereocenters. The molecular formula is C16H21N3O2. The Hall–Kier alpha value is -1.85. The largest absolute Gasteiger partial charge is 0.379 e. The van der Waals surface area contributed by atoms with Gasteiger partial charge >= 0.3 is 0 Å². The fraction of sp³-hybridized carbons (Fsp3) is 0.438. The van der Waals surface area contributed by atoms with Crippen LogP contribution in [-0.2, 0) is 4.74 Å². The maximum absolute atomic E-state index is 12.5. The molecule has 0 spiro atoms. The molecule has 3 rings (SSSR count).